The normalized spacial score (nSPS) is 11.3. The molecular weight excluding hydrogens is 338 g/mol. The Morgan fingerprint density at radius 2 is 1.85 bits per heavy atom. The van der Waals surface area contributed by atoms with Crippen LogP contribution in [0.1, 0.15) is 46.7 Å². The summed E-state index contributed by atoms with van der Waals surface area (Å²) in [6.07, 6.45) is 1.59. The lowest BCUT2D eigenvalue weighted by atomic mass is 10.1. The molecule has 0 bridgehead atoms. The van der Waals surface area contributed by atoms with E-state index in [0.717, 1.165) is 36.6 Å². The fourth-order valence-electron chi connectivity index (χ4n) is 3.27. The van der Waals surface area contributed by atoms with Crippen LogP contribution < -0.4 is 5.32 Å². The summed E-state index contributed by atoms with van der Waals surface area (Å²) in [5.41, 5.74) is 5.31. The number of hydrogen-bond acceptors (Lipinski definition) is 4. The van der Waals surface area contributed by atoms with E-state index in [1.54, 1.807) is 10.7 Å². The van der Waals surface area contributed by atoms with E-state index in [9.17, 15) is 4.79 Å². The molecule has 0 saturated heterocycles. The number of fused-ring (bicyclic) bond motifs is 1. The lowest BCUT2D eigenvalue weighted by Crippen LogP contribution is -2.26. The predicted molar refractivity (Wildman–Crippen MR) is 107 cm³/mol. The third-order valence-electron chi connectivity index (χ3n) is 4.87. The van der Waals surface area contributed by atoms with Crippen molar-refractivity contribution in [1.82, 2.24) is 24.8 Å². The smallest absolute Gasteiger partial charge is 0.257 e. The van der Waals surface area contributed by atoms with Crippen molar-refractivity contribution in [3.63, 3.8) is 0 Å². The van der Waals surface area contributed by atoms with Crippen LogP contribution in [0.15, 0.2) is 36.5 Å². The van der Waals surface area contributed by atoms with Gasteiger partial charge >= 0.3 is 0 Å². The van der Waals surface area contributed by atoms with Gasteiger partial charge in [0.15, 0.2) is 5.65 Å². The van der Waals surface area contributed by atoms with Crippen LogP contribution in [0.3, 0.4) is 0 Å². The molecule has 27 heavy (non-hydrogen) atoms. The molecule has 0 radical (unpaired) electrons. The average molecular weight is 365 g/mol. The maximum Gasteiger partial charge on any atom is 0.257 e. The summed E-state index contributed by atoms with van der Waals surface area (Å²) in [7, 11) is 0. The van der Waals surface area contributed by atoms with Gasteiger partial charge in [-0.15, -0.1) is 0 Å². The molecule has 6 heteroatoms. The van der Waals surface area contributed by atoms with Gasteiger partial charge in [-0.3, -0.25) is 9.69 Å². The van der Waals surface area contributed by atoms with Gasteiger partial charge in [-0.1, -0.05) is 38.1 Å². The van der Waals surface area contributed by atoms with E-state index in [0.29, 0.717) is 17.8 Å². The molecule has 0 unspecified atom stereocenters. The van der Waals surface area contributed by atoms with E-state index in [-0.39, 0.29) is 5.91 Å². The average Bonchev–Trinajstić information content (AvgIpc) is 3.09. The number of amides is 1. The molecule has 0 spiro atoms. The first-order valence-electron chi connectivity index (χ1n) is 9.42. The number of rotatable bonds is 7. The Balaban J connectivity index is 1.77. The standard InChI is InChI=1S/C21H27N5O/c1-5-25(6-2)14-18-10-8-7-9-17(18)12-22-21(27)19-13-23-26-16(4)11-15(3)24-20(19)26/h7-11,13H,5-6,12,14H2,1-4H3,(H,22,27). The van der Waals surface area contributed by atoms with Gasteiger partial charge in [0.05, 0.1) is 6.20 Å². The third kappa shape index (κ3) is 4.17. The van der Waals surface area contributed by atoms with E-state index >= 15 is 0 Å². The summed E-state index contributed by atoms with van der Waals surface area (Å²) in [6.45, 7) is 11.6. The number of benzene rings is 1. The number of hydrogen-bond donors (Lipinski definition) is 1. The summed E-state index contributed by atoms with van der Waals surface area (Å²) in [5, 5.41) is 7.33. The maximum atomic E-state index is 12.7. The Kier molecular flexibility index (Phi) is 5.86. The number of carbonyl (C=O) groups excluding carboxylic acids is 1. The first-order valence-corrected chi connectivity index (χ1v) is 9.42. The van der Waals surface area contributed by atoms with Crippen LogP contribution in [0, 0.1) is 13.8 Å². The fraction of sp³-hybridized carbons (Fsp3) is 0.381. The molecule has 6 nitrogen and oxygen atoms in total. The molecule has 3 rings (SSSR count). The monoisotopic (exact) mass is 365 g/mol. The molecule has 0 atom stereocenters. The van der Waals surface area contributed by atoms with Crippen molar-refractivity contribution in [2.24, 2.45) is 0 Å². The highest BCUT2D eigenvalue weighted by molar-refractivity contribution is 5.99. The topological polar surface area (TPSA) is 62.5 Å². The Morgan fingerprint density at radius 3 is 2.56 bits per heavy atom. The van der Waals surface area contributed by atoms with E-state index in [1.165, 1.54) is 5.56 Å². The second kappa shape index (κ2) is 8.31. The van der Waals surface area contributed by atoms with E-state index in [4.69, 9.17) is 0 Å². The highest BCUT2D eigenvalue weighted by Gasteiger charge is 2.16. The van der Waals surface area contributed by atoms with Gasteiger partial charge in [0.2, 0.25) is 0 Å². The molecule has 142 valence electrons. The van der Waals surface area contributed by atoms with Crippen LogP contribution in [-0.4, -0.2) is 38.5 Å². The summed E-state index contributed by atoms with van der Waals surface area (Å²) >= 11 is 0. The van der Waals surface area contributed by atoms with Crippen molar-refractivity contribution < 1.29 is 4.79 Å². The van der Waals surface area contributed by atoms with E-state index in [1.807, 2.05) is 32.0 Å². The minimum Gasteiger partial charge on any atom is -0.348 e. The number of carbonyl (C=O) groups is 1. The van der Waals surface area contributed by atoms with Crippen molar-refractivity contribution in [2.75, 3.05) is 13.1 Å². The molecule has 1 amide bonds. The first-order chi connectivity index (χ1) is 13.0. The molecular formula is C21H27N5O. The van der Waals surface area contributed by atoms with Gasteiger partial charge in [0.1, 0.15) is 5.56 Å². The molecule has 0 aliphatic carbocycles. The van der Waals surface area contributed by atoms with Crippen molar-refractivity contribution in [2.45, 2.75) is 40.8 Å². The van der Waals surface area contributed by atoms with Crippen molar-refractivity contribution in [3.05, 3.63) is 64.6 Å². The number of nitrogens with one attached hydrogen (secondary N) is 1. The Hall–Kier alpha value is -2.73. The zero-order valence-electron chi connectivity index (χ0n) is 16.5. The van der Waals surface area contributed by atoms with Gasteiger partial charge in [0, 0.05) is 24.5 Å². The number of aromatic nitrogens is 3. The van der Waals surface area contributed by atoms with Gasteiger partial charge in [-0.25, -0.2) is 9.50 Å². The Labute approximate surface area is 160 Å². The summed E-state index contributed by atoms with van der Waals surface area (Å²) < 4.78 is 1.70. The van der Waals surface area contributed by atoms with E-state index in [2.05, 4.69) is 46.3 Å². The van der Waals surface area contributed by atoms with Crippen molar-refractivity contribution in [3.8, 4) is 0 Å². The zero-order valence-corrected chi connectivity index (χ0v) is 16.5. The van der Waals surface area contributed by atoms with Crippen LogP contribution in [0.2, 0.25) is 0 Å². The second-order valence-corrected chi connectivity index (χ2v) is 6.75. The minimum absolute atomic E-state index is 0.153. The van der Waals surface area contributed by atoms with Crippen LogP contribution in [0.25, 0.3) is 5.65 Å². The zero-order chi connectivity index (χ0) is 19.4. The summed E-state index contributed by atoms with van der Waals surface area (Å²) in [5.74, 6) is -0.153. The molecule has 1 N–H and O–H groups in total. The minimum atomic E-state index is -0.153. The maximum absolute atomic E-state index is 12.7. The molecule has 0 saturated carbocycles. The molecule has 0 fully saturated rings. The Morgan fingerprint density at radius 1 is 1.15 bits per heavy atom. The van der Waals surface area contributed by atoms with Crippen LogP contribution >= 0.6 is 0 Å². The molecule has 2 heterocycles. The summed E-state index contributed by atoms with van der Waals surface area (Å²) in [6, 6.07) is 10.2. The highest BCUT2D eigenvalue weighted by atomic mass is 16.1. The van der Waals surface area contributed by atoms with Gasteiger partial charge < -0.3 is 5.32 Å². The molecule has 0 aliphatic heterocycles. The van der Waals surface area contributed by atoms with Gasteiger partial charge in [-0.2, -0.15) is 5.10 Å². The first kappa shape index (κ1) is 19.0. The van der Waals surface area contributed by atoms with Crippen molar-refractivity contribution in [1.29, 1.82) is 0 Å². The lowest BCUT2D eigenvalue weighted by molar-refractivity contribution is 0.0952. The second-order valence-electron chi connectivity index (χ2n) is 6.75. The van der Waals surface area contributed by atoms with Crippen LogP contribution in [0.5, 0.6) is 0 Å². The fourth-order valence-corrected chi connectivity index (χ4v) is 3.27. The highest BCUT2D eigenvalue weighted by Crippen LogP contribution is 2.14. The quantitative estimate of drug-likeness (QED) is 0.699. The van der Waals surface area contributed by atoms with Crippen LogP contribution in [-0.2, 0) is 13.1 Å². The Bertz CT molecular complexity index is 943. The third-order valence-corrected chi connectivity index (χ3v) is 4.87. The van der Waals surface area contributed by atoms with Crippen LogP contribution in [0.4, 0.5) is 0 Å². The summed E-state index contributed by atoms with van der Waals surface area (Å²) in [4.78, 5) is 19.6. The van der Waals surface area contributed by atoms with E-state index < -0.39 is 0 Å². The molecule has 0 aliphatic rings. The van der Waals surface area contributed by atoms with Gasteiger partial charge in [-0.05, 0) is 44.1 Å². The lowest BCUT2D eigenvalue weighted by Gasteiger charge is -2.20. The predicted octanol–water partition coefficient (Wildman–Crippen LogP) is 3.12. The SMILES string of the molecule is CCN(CC)Cc1ccccc1CNC(=O)c1cnn2c(C)cc(C)nc12. The largest absolute Gasteiger partial charge is 0.348 e. The van der Waals surface area contributed by atoms with Crippen molar-refractivity contribution >= 4 is 11.6 Å². The number of aryl methyl sites for hydroxylation is 2. The molecule has 2 aromatic heterocycles. The van der Waals surface area contributed by atoms with Gasteiger partial charge in [0.25, 0.3) is 5.91 Å². The molecule has 1 aromatic carbocycles. The molecule has 3 aromatic rings. The number of nitrogens with zero attached hydrogens (tertiary/aromatic N) is 4.